The van der Waals surface area contributed by atoms with Crippen LogP contribution in [0, 0.1) is 0 Å². The van der Waals surface area contributed by atoms with E-state index in [1.54, 1.807) is 7.11 Å². The van der Waals surface area contributed by atoms with Gasteiger partial charge in [0.1, 0.15) is 5.75 Å². The molecule has 16 heavy (non-hydrogen) atoms. The highest BCUT2D eigenvalue weighted by Crippen LogP contribution is 2.15. The molecule has 2 unspecified atom stereocenters. The van der Waals surface area contributed by atoms with Crippen molar-refractivity contribution < 1.29 is 9.47 Å². The van der Waals surface area contributed by atoms with E-state index in [-0.39, 0.29) is 0 Å². The first-order chi connectivity index (χ1) is 7.79. The summed E-state index contributed by atoms with van der Waals surface area (Å²) < 4.78 is 10.7. The molecule has 0 radical (unpaired) electrons. The summed E-state index contributed by atoms with van der Waals surface area (Å²) in [5.74, 6) is 0.912. The largest absolute Gasteiger partial charge is 0.497 e. The van der Waals surface area contributed by atoms with E-state index in [4.69, 9.17) is 9.47 Å². The van der Waals surface area contributed by atoms with Gasteiger partial charge in [0, 0.05) is 19.2 Å². The highest BCUT2D eigenvalue weighted by molar-refractivity contribution is 5.28. The monoisotopic (exact) mass is 221 g/mol. The summed E-state index contributed by atoms with van der Waals surface area (Å²) >= 11 is 0. The van der Waals surface area contributed by atoms with Gasteiger partial charge >= 0.3 is 0 Å². The molecule has 1 aromatic rings. The fraction of sp³-hybridized carbons (Fsp3) is 0.538. The minimum Gasteiger partial charge on any atom is -0.497 e. The Morgan fingerprint density at radius 3 is 3.06 bits per heavy atom. The first kappa shape index (κ1) is 11.4. The summed E-state index contributed by atoms with van der Waals surface area (Å²) in [5, 5.41) is 3.52. The molecular weight excluding hydrogens is 202 g/mol. The Morgan fingerprint density at radius 2 is 2.38 bits per heavy atom. The van der Waals surface area contributed by atoms with Crippen molar-refractivity contribution in [3.05, 3.63) is 29.8 Å². The summed E-state index contributed by atoms with van der Waals surface area (Å²) in [7, 11) is 1.69. The van der Waals surface area contributed by atoms with Crippen LogP contribution in [0.3, 0.4) is 0 Å². The van der Waals surface area contributed by atoms with Crippen molar-refractivity contribution in [2.75, 3.05) is 13.7 Å². The number of nitrogens with one attached hydrogen (secondary N) is 1. The third-order valence-corrected chi connectivity index (χ3v) is 3.08. The Labute approximate surface area is 96.8 Å². The fourth-order valence-corrected chi connectivity index (χ4v) is 2.03. The lowest BCUT2D eigenvalue weighted by Gasteiger charge is -2.16. The predicted octanol–water partition coefficient (Wildman–Crippen LogP) is 1.96. The molecule has 1 N–H and O–H groups in total. The normalized spacial score (nSPS) is 24.6. The Bertz CT molecular complexity index is 340. The second-order valence-electron chi connectivity index (χ2n) is 4.20. The minimum absolute atomic E-state index is 0.325. The molecule has 1 aromatic carbocycles. The summed E-state index contributed by atoms with van der Waals surface area (Å²) in [5.41, 5.74) is 1.25. The smallest absolute Gasteiger partial charge is 0.119 e. The van der Waals surface area contributed by atoms with Crippen molar-refractivity contribution in [3.8, 4) is 5.75 Å². The van der Waals surface area contributed by atoms with Gasteiger partial charge in [-0.25, -0.2) is 0 Å². The van der Waals surface area contributed by atoms with Gasteiger partial charge in [-0.1, -0.05) is 12.1 Å². The van der Waals surface area contributed by atoms with Gasteiger partial charge in [0.15, 0.2) is 0 Å². The van der Waals surface area contributed by atoms with E-state index in [1.165, 1.54) is 5.56 Å². The number of hydrogen-bond donors (Lipinski definition) is 1. The van der Waals surface area contributed by atoms with Crippen LogP contribution in [0.4, 0.5) is 0 Å². The molecule has 2 rings (SSSR count). The molecule has 0 bridgehead atoms. The number of hydrogen-bond acceptors (Lipinski definition) is 3. The zero-order valence-electron chi connectivity index (χ0n) is 9.90. The zero-order valence-corrected chi connectivity index (χ0v) is 9.90. The van der Waals surface area contributed by atoms with Crippen LogP contribution in [0.25, 0.3) is 0 Å². The maximum Gasteiger partial charge on any atom is 0.119 e. The Hall–Kier alpha value is -1.06. The minimum atomic E-state index is 0.325. The molecular formula is C13H19NO2. The molecule has 3 nitrogen and oxygen atoms in total. The van der Waals surface area contributed by atoms with Gasteiger partial charge in [-0.15, -0.1) is 0 Å². The van der Waals surface area contributed by atoms with E-state index in [9.17, 15) is 0 Å². The van der Waals surface area contributed by atoms with Crippen molar-refractivity contribution in [1.82, 2.24) is 5.32 Å². The van der Waals surface area contributed by atoms with E-state index in [0.29, 0.717) is 12.1 Å². The maximum absolute atomic E-state index is 5.51. The lowest BCUT2D eigenvalue weighted by molar-refractivity contribution is 0.113. The lowest BCUT2D eigenvalue weighted by Crippen LogP contribution is -2.34. The van der Waals surface area contributed by atoms with Crippen molar-refractivity contribution in [2.24, 2.45) is 0 Å². The fourth-order valence-electron chi connectivity index (χ4n) is 2.03. The molecule has 1 aliphatic rings. The molecule has 1 heterocycles. The topological polar surface area (TPSA) is 30.5 Å². The second-order valence-corrected chi connectivity index (χ2v) is 4.20. The summed E-state index contributed by atoms with van der Waals surface area (Å²) in [4.78, 5) is 0. The third-order valence-electron chi connectivity index (χ3n) is 3.08. The van der Waals surface area contributed by atoms with Gasteiger partial charge in [-0.2, -0.15) is 0 Å². The van der Waals surface area contributed by atoms with Crippen molar-refractivity contribution in [3.63, 3.8) is 0 Å². The van der Waals surface area contributed by atoms with Gasteiger partial charge in [0.2, 0.25) is 0 Å². The van der Waals surface area contributed by atoms with E-state index in [1.807, 2.05) is 12.1 Å². The molecule has 2 atom stereocenters. The summed E-state index contributed by atoms with van der Waals surface area (Å²) in [6.45, 7) is 3.86. The third kappa shape index (κ3) is 2.74. The van der Waals surface area contributed by atoms with E-state index in [0.717, 1.165) is 25.3 Å². The van der Waals surface area contributed by atoms with Crippen LogP contribution in [-0.2, 0) is 11.3 Å². The number of ether oxygens (including phenoxy) is 2. The zero-order chi connectivity index (χ0) is 11.4. The number of rotatable bonds is 4. The van der Waals surface area contributed by atoms with Crippen LogP contribution in [0.5, 0.6) is 5.75 Å². The Morgan fingerprint density at radius 1 is 1.50 bits per heavy atom. The molecule has 0 aromatic heterocycles. The standard InChI is InChI=1S/C13H19NO2/c1-10-13(6-7-16-10)14-9-11-4-3-5-12(8-11)15-2/h3-5,8,10,13-14H,6-7,9H2,1-2H3. The van der Waals surface area contributed by atoms with Crippen LogP contribution in [0.2, 0.25) is 0 Å². The van der Waals surface area contributed by atoms with Crippen molar-refractivity contribution >= 4 is 0 Å². The lowest BCUT2D eigenvalue weighted by atomic mass is 10.1. The van der Waals surface area contributed by atoms with Crippen LogP contribution < -0.4 is 10.1 Å². The first-order valence-corrected chi connectivity index (χ1v) is 5.77. The molecule has 1 aliphatic heterocycles. The summed E-state index contributed by atoms with van der Waals surface area (Å²) in [6, 6.07) is 8.63. The molecule has 0 aliphatic carbocycles. The Kier molecular flexibility index (Phi) is 3.80. The van der Waals surface area contributed by atoms with E-state index < -0.39 is 0 Å². The van der Waals surface area contributed by atoms with Gasteiger partial charge in [0.05, 0.1) is 13.2 Å². The van der Waals surface area contributed by atoms with Crippen LogP contribution >= 0.6 is 0 Å². The number of methoxy groups -OCH3 is 1. The highest BCUT2D eigenvalue weighted by Gasteiger charge is 2.23. The SMILES string of the molecule is COc1cccc(CNC2CCOC2C)c1. The molecule has 1 fully saturated rings. The Balaban J connectivity index is 1.88. The van der Waals surface area contributed by atoms with Gasteiger partial charge in [-0.05, 0) is 31.0 Å². The molecule has 0 saturated carbocycles. The summed E-state index contributed by atoms with van der Waals surface area (Å²) in [6.07, 6.45) is 1.43. The van der Waals surface area contributed by atoms with E-state index in [2.05, 4.69) is 24.4 Å². The first-order valence-electron chi connectivity index (χ1n) is 5.77. The van der Waals surface area contributed by atoms with Gasteiger partial charge in [0.25, 0.3) is 0 Å². The van der Waals surface area contributed by atoms with Crippen LogP contribution in [0.15, 0.2) is 24.3 Å². The number of benzene rings is 1. The average molecular weight is 221 g/mol. The van der Waals surface area contributed by atoms with E-state index >= 15 is 0 Å². The van der Waals surface area contributed by atoms with Crippen molar-refractivity contribution in [2.45, 2.75) is 32.0 Å². The molecule has 0 amide bonds. The molecule has 0 spiro atoms. The molecule has 1 saturated heterocycles. The van der Waals surface area contributed by atoms with Crippen molar-refractivity contribution in [1.29, 1.82) is 0 Å². The van der Waals surface area contributed by atoms with Gasteiger partial charge < -0.3 is 14.8 Å². The van der Waals surface area contributed by atoms with Crippen LogP contribution in [0.1, 0.15) is 18.9 Å². The molecule has 3 heteroatoms. The average Bonchev–Trinajstić information content (AvgIpc) is 2.72. The quantitative estimate of drug-likeness (QED) is 0.843. The van der Waals surface area contributed by atoms with Crippen LogP contribution in [-0.4, -0.2) is 25.9 Å². The highest BCUT2D eigenvalue weighted by atomic mass is 16.5. The predicted molar refractivity (Wildman–Crippen MR) is 63.7 cm³/mol. The maximum atomic E-state index is 5.51. The molecule has 88 valence electrons. The van der Waals surface area contributed by atoms with Gasteiger partial charge in [-0.3, -0.25) is 0 Å². The second kappa shape index (κ2) is 5.32.